The van der Waals surface area contributed by atoms with Gasteiger partial charge in [-0.2, -0.15) is 0 Å². The molecule has 0 aromatic carbocycles. The maximum Gasteiger partial charge on any atom is 0.472 e. The molecule has 0 aromatic heterocycles. The fraction of sp³-hybridized carbons (Fsp3) is 0.738. The summed E-state index contributed by atoms with van der Waals surface area (Å²) in [7, 11) is -5.02. The number of hydrogen-bond donors (Lipinski definition) is 6. The fourth-order valence-corrected chi connectivity index (χ4v) is 6.79. The Bertz CT molecular complexity index is 1140. The number of carbonyl (C=O) groups excluding carboxylic acids is 1. The lowest BCUT2D eigenvalue weighted by atomic mass is 9.85. The van der Waals surface area contributed by atoms with E-state index in [1.54, 1.807) is 0 Å². The van der Waals surface area contributed by atoms with Crippen molar-refractivity contribution in [1.29, 1.82) is 0 Å². The molecule has 0 aliphatic heterocycles. The molecule has 0 amide bonds. The molecule has 1 fully saturated rings. The summed E-state index contributed by atoms with van der Waals surface area (Å²) in [5.74, 6) is -0.507. The van der Waals surface area contributed by atoms with Gasteiger partial charge in [0.2, 0.25) is 0 Å². The van der Waals surface area contributed by atoms with Crippen molar-refractivity contribution in [2.45, 2.75) is 179 Å². The predicted octanol–water partition coefficient (Wildman–Crippen LogP) is 7.47. The van der Waals surface area contributed by atoms with Crippen LogP contribution in [-0.4, -0.2) is 98.9 Å². The van der Waals surface area contributed by atoms with E-state index < -0.39 is 63.1 Å². The van der Waals surface area contributed by atoms with E-state index in [-0.39, 0.29) is 13.0 Å². The Morgan fingerprint density at radius 1 is 0.600 bits per heavy atom. The van der Waals surface area contributed by atoms with E-state index in [4.69, 9.17) is 18.5 Å². The van der Waals surface area contributed by atoms with E-state index in [0.717, 1.165) is 89.9 Å². The predicted molar refractivity (Wildman–Crippen MR) is 216 cm³/mol. The lowest BCUT2D eigenvalue weighted by Gasteiger charge is -2.41. The molecule has 13 heteroatoms. The molecule has 55 heavy (non-hydrogen) atoms. The first-order chi connectivity index (χ1) is 26.5. The van der Waals surface area contributed by atoms with E-state index in [1.165, 1.54) is 19.3 Å². The molecule has 0 spiro atoms. The normalized spacial score (nSPS) is 23.9. The first kappa shape index (κ1) is 51.1. The van der Waals surface area contributed by atoms with Gasteiger partial charge in [-0.25, -0.2) is 4.57 Å². The Kier molecular flexibility index (Phi) is 30.7. The lowest BCUT2D eigenvalue weighted by molar-refractivity contribution is -0.220. The highest BCUT2D eigenvalue weighted by Crippen LogP contribution is 2.47. The van der Waals surface area contributed by atoms with Crippen LogP contribution in [0.5, 0.6) is 0 Å². The van der Waals surface area contributed by atoms with Crippen LogP contribution in [-0.2, 0) is 27.9 Å². The zero-order valence-electron chi connectivity index (χ0n) is 33.5. The monoisotopic (exact) mass is 800 g/mol. The van der Waals surface area contributed by atoms with Gasteiger partial charge in [0.1, 0.15) is 42.7 Å². The van der Waals surface area contributed by atoms with Crippen molar-refractivity contribution in [2.24, 2.45) is 0 Å². The molecule has 12 nitrogen and oxygen atoms in total. The number of aliphatic hydroxyl groups is 5. The molecule has 6 atom stereocenters. The van der Waals surface area contributed by atoms with E-state index in [9.17, 15) is 39.8 Å². The van der Waals surface area contributed by atoms with Gasteiger partial charge < -0.3 is 39.9 Å². The van der Waals surface area contributed by atoms with Crippen molar-refractivity contribution in [3.8, 4) is 0 Å². The maximum absolute atomic E-state index is 12.8. The molecular formula is C42H73O12P. The molecule has 0 heterocycles. The first-order valence-corrected chi connectivity index (χ1v) is 22.1. The van der Waals surface area contributed by atoms with Gasteiger partial charge in [-0.1, -0.05) is 120 Å². The van der Waals surface area contributed by atoms with E-state index in [0.29, 0.717) is 13.0 Å². The number of esters is 1. The SMILES string of the molecule is CC/C=C\C/C=C\C/C=C\C/C=C\CCCCCCC(=O)OC(COCCCCCCCC/C=C\CCC)COP(=O)(O)OC1C(O)C(O)C(O)C(O)C1O. The first-order valence-electron chi connectivity index (χ1n) is 20.6. The second kappa shape index (κ2) is 33.1. The van der Waals surface area contributed by atoms with Crippen molar-refractivity contribution in [2.75, 3.05) is 19.8 Å². The summed E-state index contributed by atoms with van der Waals surface area (Å²) in [6, 6.07) is 0. The van der Waals surface area contributed by atoms with Crippen LogP contribution in [0.1, 0.15) is 136 Å². The van der Waals surface area contributed by atoms with E-state index in [2.05, 4.69) is 74.6 Å². The summed E-state index contributed by atoms with van der Waals surface area (Å²) < 4.78 is 34.0. The third kappa shape index (κ3) is 25.8. The second-order valence-corrected chi connectivity index (χ2v) is 15.5. The quantitative estimate of drug-likeness (QED) is 0.0166. The zero-order valence-corrected chi connectivity index (χ0v) is 34.3. The van der Waals surface area contributed by atoms with Crippen molar-refractivity contribution in [3.63, 3.8) is 0 Å². The molecule has 1 saturated carbocycles. The Morgan fingerprint density at radius 2 is 1.07 bits per heavy atom. The number of phosphoric ester groups is 1. The molecule has 1 aliphatic rings. The summed E-state index contributed by atoms with van der Waals surface area (Å²) in [5, 5.41) is 50.0. The number of allylic oxidation sites excluding steroid dienone is 10. The Balaban J connectivity index is 2.47. The molecule has 1 aliphatic carbocycles. The van der Waals surface area contributed by atoms with Crippen LogP contribution in [0.2, 0.25) is 0 Å². The van der Waals surface area contributed by atoms with Gasteiger partial charge >= 0.3 is 13.8 Å². The Labute approximate surface area is 330 Å². The molecule has 0 saturated heterocycles. The van der Waals surface area contributed by atoms with Gasteiger partial charge in [0.25, 0.3) is 0 Å². The summed E-state index contributed by atoms with van der Waals surface area (Å²) >= 11 is 0. The minimum atomic E-state index is -5.02. The lowest BCUT2D eigenvalue weighted by Crippen LogP contribution is -2.64. The number of hydrogen-bond acceptors (Lipinski definition) is 11. The Morgan fingerprint density at radius 3 is 1.65 bits per heavy atom. The van der Waals surface area contributed by atoms with Crippen LogP contribution in [0.15, 0.2) is 60.8 Å². The second-order valence-electron chi connectivity index (χ2n) is 14.1. The van der Waals surface area contributed by atoms with Crippen LogP contribution >= 0.6 is 7.82 Å². The molecule has 0 radical (unpaired) electrons. The average Bonchev–Trinajstić information content (AvgIpc) is 3.17. The molecule has 1 rings (SSSR count). The molecule has 6 N–H and O–H groups in total. The van der Waals surface area contributed by atoms with E-state index in [1.807, 2.05) is 0 Å². The zero-order chi connectivity index (χ0) is 40.6. The standard InChI is InChI=1S/C42H73O12P/c1-3-5-7-9-11-13-15-16-17-18-19-20-21-23-25-27-29-31-36(43)53-35(33-51-32-30-28-26-24-22-14-12-10-8-6-4-2)34-52-55(49,50)54-42-40(47)38(45)37(44)39(46)41(42)48/h5,7-8,10-11,13,16-17,19-20,35,37-42,44-48H,3-4,6,9,12,14-15,18,21-34H2,1-2H3,(H,49,50)/b7-5-,10-8-,13-11-,17-16-,20-19-. The number of ether oxygens (including phenoxy) is 2. The highest BCUT2D eigenvalue weighted by atomic mass is 31.2. The average molecular weight is 801 g/mol. The summed E-state index contributed by atoms with van der Waals surface area (Å²) in [5.41, 5.74) is 0. The number of phosphoric acid groups is 1. The topological polar surface area (TPSA) is 192 Å². The Hall–Kier alpha value is -1.96. The third-order valence-electron chi connectivity index (χ3n) is 9.11. The number of aliphatic hydroxyl groups excluding tert-OH is 5. The van der Waals surface area contributed by atoms with Crippen molar-refractivity contribution < 1.29 is 58.3 Å². The van der Waals surface area contributed by atoms with Gasteiger partial charge in [0.05, 0.1) is 13.2 Å². The fourth-order valence-electron chi connectivity index (χ4n) is 5.82. The smallest absolute Gasteiger partial charge is 0.457 e. The summed E-state index contributed by atoms with van der Waals surface area (Å²) in [6.45, 7) is 4.01. The molecule has 0 bridgehead atoms. The molecule has 0 aromatic rings. The van der Waals surface area contributed by atoms with Crippen molar-refractivity contribution in [1.82, 2.24) is 0 Å². The third-order valence-corrected chi connectivity index (χ3v) is 10.1. The van der Waals surface area contributed by atoms with Gasteiger partial charge in [0, 0.05) is 13.0 Å². The molecular weight excluding hydrogens is 727 g/mol. The van der Waals surface area contributed by atoms with E-state index >= 15 is 0 Å². The highest BCUT2D eigenvalue weighted by Gasteiger charge is 2.51. The van der Waals surface area contributed by atoms with Gasteiger partial charge in [-0.05, 0) is 70.6 Å². The number of rotatable bonds is 33. The van der Waals surface area contributed by atoms with Gasteiger partial charge in [-0.3, -0.25) is 13.8 Å². The van der Waals surface area contributed by atoms with Crippen LogP contribution in [0.25, 0.3) is 0 Å². The molecule has 318 valence electrons. The summed E-state index contributed by atoms with van der Waals surface area (Å²) in [6.07, 6.45) is 27.3. The van der Waals surface area contributed by atoms with Crippen molar-refractivity contribution in [3.05, 3.63) is 60.8 Å². The number of unbranched alkanes of at least 4 members (excludes halogenated alkanes) is 11. The van der Waals surface area contributed by atoms with Crippen molar-refractivity contribution >= 4 is 13.8 Å². The van der Waals surface area contributed by atoms with Gasteiger partial charge in [-0.15, -0.1) is 0 Å². The minimum Gasteiger partial charge on any atom is -0.457 e. The summed E-state index contributed by atoms with van der Waals surface area (Å²) in [4.78, 5) is 23.0. The van der Waals surface area contributed by atoms with Crippen LogP contribution in [0, 0.1) is 0 Å². The number of carbonyl (C=O) groups is 1. The van der Waals surface area contributed by atoms with Crippen LogP contribution < -0.4 is 0 Å². The minimum absolute atomic E-state index is 0.0942. The van der Waals surface area contributed by atoms with Crippen LogP contribution in [0.3, 0.4) is 0 Å². The maximum atomic E-state index is 12.8. The largest absolute Gasteiger partial charge is 0.472 e. The van der Waals surface area contributed by atoms with Crippen LogP contribution in [0.4, 0.5) is 0 Å². The highest BCUT2D eigenvalue weighted by molar-refractivity contribution is 7.47. The molecule has 6 unspecified atom stereocenters. The van der Waals surface area contributed by atoms with Gasteiger partial charge in [0.15, 0.2) is 0 Å².